The van der Waals surface area contributed by atoms with Gasteiger partial charge < -0.3 is 5.11 Å². The maximum absolute atomic E-state index is 12.8. The molecular weight excluding hydrogens is 253 g/mol. The summed E-state index contributed by atoms with van der Waals surface area (Å²) in [6.45, 7) is 0.761. The van der Waals surface area contributed by atoms with Crippen LogP contribution in [0, 0.1) is 0 Å². The number of aliphatic hydroxyl groups is 1. The van der Waals surface area contributed by atoms with Crippen LogP contribution in [-0.2, 0) is 5.60 Å². The maximum atomic E-state index is 12.8. The molecular formula is C15H13F3O. The highest BCUT2D eigenvalue weighted by molar-refractivity contribution is 5.64. The van der Waals surface area contributed by atoms with Crippen LogP contribution >= 0.6 is 0 Å². The minimum Gasteiger partial charge on any atom is -0.376 e. The lowest BCUT2D eigenvalue weighted by molar-refractivity contribution is -0.258. The Kier molecular flexibility index (Phi) is 3.37. The van der Waals surface area contributed by atoms with Gasteiger partial charge in [-0.1, -0.05) is 48.5 Å². The summed E-state index contributed by atoms with van der Waals surface area (Å²) >= 11 is 0. The van der Waals surface area contributed by atoms with Crippen LogP contribution in [0.5, 0.6) is 0 Å². The van der Waals surface area contributed by atoms with E-state index in [-0.39, 0.29) is 5.56 Å². The predicted molar refractivity (Wildman–Crippen MR) is 67.5 cm³/mol. The molecule has 0 spiro atoms. The van der Waals surface area contributed by atoms with Crippen LogP contribution in [0.4, 0.5) is 13.2 Å². The summed E-state index contributed by atoms with van der Waals surface area (Å²) < 4.78 is 38.4. The molecule has 4 heteroatoms. The average Bonchev–Trinajstić information content (AvgIpc) is 2.39. The third-order valence-corrected chi connectivity index (χ3v) is 3.08. The largest absolute Gasteiger partial charge is 0.421 e. The van der Waals surface area contributed by atoms with E-state index in [4.69, 9.17) is 0 Å². The molecule has 0 heterocycles. The molecule has 0 aromatic heterocycles. The Morgan fingerprint density at radius 1 is 0.842 bits per heavy atom. The van der Waals surface area contributed by atoms with E-state index in [1.54, 1.807) is 18.2 Å². The SMILES string of the molecule is CC(O)(c1cccc(-c2ccccc2)c1)C(F)(F)F. The van der Waals surface area contributed by atoms with E-state index >= 15 is 0 Å². The zero-order chi connectivity index (χ0) is 14.1. The first kappa shape index (κ1) is 13.6. The van der Waals surface area contributed by atoms with Crippen molar-refractivity contribution in [2.24, 2.45) is 0 Å². The van der Waals surface area contributed by atoms with E-state index in [9.17, 15) is 18.3 Å². The molecule has 2 rings (SSSR count). The molecule has 19 heavy (non-hydrogen) atoms. The fraction of sp³-hybridized carbons (Fsp3) is 0.200. The third kappa shape index (κ3) is 2.63. The first-order valence-electron chi connectivity index (χ1n) is 5.77. The Balaban J connectivity index is 2.47. The lowest BCUT2D eigenvalue weighted by Gasteiger charge is -2.27. The van der Waals surface area contributed by atoms with Crippen molar-refractivity contribution in [2.75, 3.05) is 0 Å². The Labute approximate surface area is 109 Å². The van der Waals surface area contributed by atoms with Crippen LogP contribution in [0.3, 0.4) is 0 Å². The molecule has 0 aliphatic heterocycles. The van der Waals surface area contributed by atoms with E-state index in [2.05, 4.69) is 0 Å². The summed E-state index contributed by atoms with van der Waals surface area (Å²) in [6, 6.07) is 14.9. The molecule has 0 amide bonds. The van der Waals surface area contributed by atoms with Crippen molar-refractivity contribution in [1.82, 2.24) is 0 Å². The summed E-state index contributed by atoms with van der Waals surface area (Å²) in [5.74, 6) is 0. The molecule has 0 radical (unpaired) electrons. The average molecular weight is 266 g/mol. The van der Waals surface area contributed by atoms with Gasteiger partial charge in [-0.25, -0.2) is 0 Å². The van der Waals surface area contributed by atoms with Gasteiger partial charge in [0.05, 0.1) is 0 Å². The lowest BCUT2D eigenvalue weighted by atomic mass is 9.92. The summed E-state index contributed by atoms with van der Waals surface area (Å²) in [7, 11) is 0. The van der Waals surface area contributed by atoms with E-state index in [0.717, 1.165) is 12.5 Å². The zero-order valence-corrected chi connectivity index (χ0v) is 10.3. The van der Waals surface area contributed by atoms with Gasteiger partial charge in [0.15, 0.2) is 5.60 Å². The highest BCUT2D eigenvalue weighted by atomic mass is 19.4. The Hall–Kier alpha value is -1.81. The number of hydrogen-bond donors (Lipinski definition) is 1. The minimum absolute atomic E-state index is 0.165. The van der Waals surface area contributed by atoms with Crippen molar-refractivity contribution >= 4 is 0 Å². The molecule has 100 valence electrons. The van der Waals surface area contributed by atoms with Gasteiger partial charge in [-0.3, -0.25) is 0 Å². The van der Waals surface area contributed by atoms with Crippen molar-refractivity contribution in [1.29, 1.82) is 0 Å². The monoisotopic (exact) mass is 266 g/mol. The molecule has 0 aliphatic rings. The zero-order valence-electron chi connectivity index (χ0n) is 10.3. The highest BCUT2D eigenvalue weighted by Gasteiger charge is 2.51. The second kappa shape index (κ2) is 4.70. The second-order valence-corrected chi connectivity index (χ2v) is 4.52. The smallest absolute Gasteiger partial charge is 0.376 e. The van der Waals surface area contributed by atoms with Crippen molar-refractivity contribution in [3.8, 4) is 11.1 Å². The molecule has 2 aromatic rings. The minimum atomic E-state index is -4.71. The molecule has 0 fully saturated rings. The fourth-order valence-electron chi connectivity index (χ4n) is 1.80. The standard InChI is InChI=1S/C15H13F3O/c1-14(19,15(16,17)18)13-9-5-8-12(10-13)11-6-3-2-4-7-11/h2-10,19H,1H3. The number of alkyl halides is 3. The van der Waals surface area contributed by atoms with Gasteiger partial charge >= 0.3 is 6.18 Å². The Bertz CT molecular complexity index is 559. The van der Waals surface area contributed by atoms with Gasteiger partial charge in [-0.15, -0.1) is 0 Å². The molecule has 0 bridgehead atoms. The number of halogens is 3. The molecule has 0 aliphatic carbocycles. The van der Waals surface area contributed by atoms with Crippen LogP contribution in [0.15, 0.2) is 54.6 Å². The normalized spacial score (nSPS) is 15.0. The lowest BCUT2D eigenvalue weighted by Crippen LogP contribution is -2.39. The van der Waals surface area contributed by atoms with Crippen LogP contribution in [0.25, 0.3) is 11.1 Å². The molecule has 1 nitrogen and oxygen atoms in total. The van der Waals surface area contributed by atoms with Crippen molar-refractivity contribution in [3.63, 3.8) is 0 Å². The predicted octanol–water partition coefficient (Wildman–Crippen LogP) is 4.12. The van der Waals surface area contributed by atoms with Crippen LogP contribution in [0.2, 0.25) is 0 Å². The Morgan fingerprint density at radius 2 is 1.42 bits per heavy atom. The second-order valence-electron chi connectivity index (χ2n) is 4.52. The van der Waals surface area contributed by atoms with Gasteiger partial charge in [-0.05, 0) is 29.7 Å². The number of benzene rings is 2. The third-order valence-electron chi connectivity index (χ3n) is 3.08. The van der Waals surface area contributed by atoms with E-state index in [0.29, 0.717) is 5.56 Å². The van der Waals surface area contributed by atoms with E-state index in [1.165, 1.54) is 18.2 Å². The van der Waals surface area contributed by atoms with Crippen molar-refractivity contribution in [2.45, 2.75) is 18.7 Å². The van der Waals surface area contributed by atoms with E-state index in [1.807, 2.05) is 18.2 Å². The van der Waals surface area contributed by atoms with Crippen LogP contribution in [-0.4, -0.2) is 11.3 Å². The first-order chi connectivity index (χ1) is 8.82. The fourth-order valence-corrected chi connectivity index (χ4v) is 1.80. The maximum Gasteiger partial charge on any atom is 0.421 e. The number of hydrogen-bond acceptors (Lipinski definition) is 1. The van der Waals surface area contributed by atoms with Crippen LogP contribution in [0.1, 0.15) is 12.5 Å². The van der Waals surface area contributed by atoms with Gasteiger partial charge in [0.2, 0.25) is 0 Å². The van der Waals surface area contributed by atoms with Gasteiger partial charge in [-0.2, -0.15) is 13.2 Å². The van der Waals surface area contributed by atoms with Crippen molar-refractivity contribution in [3.05, 3.63) is 60.2 Å². The molecule has 1 unspecified atom stereocenters. The van der Waals surface area contributed by atoms with E-state index < -0.39 is 11.8 Å². The van der Waals surface area contributed by atoms with Gasteiger partial charge in [0.1, 0.15) is 0 Å². The van der Waals surface area contributed by atoms with Crippen LogP contribution < -0.4 is 0 Å². The van der Waals surface area contributed by atoms with Gasteiger partial charge in [0.25, 0.3) is 0 Å². The number of rotatable bonds is 2. The highest BCUT2D eigenvalue weighted by Crippen LogP contribution is 2.39. The Morgan fingerprint density at radius 3 is 2.00 bits per heavy atom. The molecule has 0 saturated carbocycles. The van der Waals surface area contributed by atoms with Gasteiger partial charge in [0, 0.05) is 0 Å². The molecule has 1 N–H and O–H groups in total. The first-order valence-corrected chi connectivity index (χ1v) is 5.77. The summed E-state index contributed by atoms with van der Waals surface area (Å²) in [4.78, 5) is 0. The molecule has 1 atom stereocenters. The molecule has 0 saturated heterocycles. The summed E-state index contributed by atoms with van der Waals surface area (Å²) in [5, 5.41) is 9.67. The molecule has 2 aromatic carbocycles. The summed E-state index contributed by atoms with van der Waals surface area (Å²) in [6.07, 6.45) is -4.71. The van der Waals surface area contributed by atoms with Crippen molar-refractivity contribution < 1.29 is 18.3 Å². The summed E-state index contributed by atoms with van der Waals surface area (Å²) in [5.41, 5.74) is -1.57. The quantitative estimate of drug-likeness (QED) is 0.866. The topological polar surface area (TPSA) is 20.2 Å².